The van der Waals surface area contributed by atoms with Gasteiger partial charge in [-0.1, -0.05) is 41.4 Å². The lowest BCUT2D eigenvalue weighted by Gasteiger charge is -2.34. The van der Waals surface area contributed by atoms with E-state index in [2.05, 4.69) is 38.6 Å². The van der Waals surface area contributed by atoms with Crippen molar-refractivity contribution in [2.24, 2.45) is 5.92 Å². The van der Waals surface area contributed by atoms with Gasteiger partial charge >= 0.3 is 6.03 Å². The van der Waals surface area contributed by atoms with Gasteiger partial charge in [0.1, 0.15) is 17.9 Å². The molecule has 164 valence electrons. The van der Waals surface area contributed by atoms with Gasteiger partial charge in [-0.05, 0) is 49.3 Å². The molecule has 9 heteroatoms. The van der Waals surface area contributed by atoms with Gasteiger partial charge in [0.2, 0.25) is 5.91 Å². The number of urea groups is 1. The monoisotopic (exact) mass is 487 g/mol. The number of rotatable bonds is 6. The highest BCUT2D eigenvalue weighted by Gasteiger charge is 2.52. The van der Waals surface area contributed by atoms with Gasteiger partial charge in [0, 0.05) is 10.5 Å². The third-order valence-electron chi connectivity index (χ3n) is 6.29. The van der Waals surface area contributed by atoms with Crippen LogP contribution in [0.5, 0.6) is 0 Å². The Kier molecular flexibility index (Phi) is 6.13. The standard InChI is InChI=1S/C22H26BrN5O3/c1-2-15-6-9-22(10-7-15)20(30)27(21(31)26-22)14-19(29)25-18-8-11-24-28(18)13-16-4-3-5-17(23)12-16/h3-5,8,11-12,15H,2,6-7,9-10,13-14H2,1H3,(H,25,29)(H,26,31). The number of nitrogens with zero attached hydrogens (tertiary/aromatic N) is 3. The predicted molar refractivity (Wildman–Crippen MR) is 119 cm³/mol. The summed E-state index contributed by atoms with van der Waals surface area (Å²) >= 11 is 3.45. The molecule has 0 atom stereocenters. The molecule has 0 unspecified atom stereocenters. The molecule has 0 radical (unpaired) electrons. The number of imide groups is 1. The van der Waals surface area contributed by atoms with Crippen molar-refractivity contribution in [1.29, 1.82) is 0 Å². The number of amides is 4. The van der Waals surface area contributed by atoms with Crippen molar-refractivity contribution in [2.45, 2.75) is 51.1 Å². The van der Waals surface area contributed by atoms with Crippen molar-refractivity contribution >= 4 is 39.6 Å². The van der Waals surface area contributed by atoms with E-state index < -0.39 is 17.5 Å². The van der Waals surface area contributed by atoms with Crippen LogP contribution in [-0.4, -0.2) is 44.6 Å². The summed E-state index contributed by atoms with van der Waals surface area (Å²) in [7, 11) is 0. The number of carbonyl (C=O) groups excluding carboxylic acids is 3. The Balaban J connectivity index is 1.39. The number of halogens is 1. The molecule has 2 aromatic rings. The van der Waals surface area contributed by atoms with E-state index in [9.17, 15) is 14.4 Å². The molecule has 1 aliphatic carbocycles. The first-order valence-electron chi connectivity index (χ1n) is 10.6. The van der Waals surface area contributed by atoms with Crippen LogP contribution in [0.1, 0.15) is 44.6 Å². The zero-order valence-corrected chi connectivity index (χ0v) is 19.0. The molecule has 4 rings (SSSR count). The maximum atomic E-state index is 13.0. The molecule has 1 saturated heterocycles. The molecule has 2 aliphatic rings. The molecule has 0 bridgehead atoms. The van der Waals surface area contributed by atoms with Gasteiger partial charge in [0.25, 0.3) is 5.91 Å². The molecule has 4 amide bonds. The van der Waals surface area contributed by atoms with Gasteiger partial charge in [-0.25, -0.2) is 9.48 Å². The van der Waals surface area contributed by atoms with Crippen LogP contribution in [0.2, 0.25) is 0 Å². The maximum absolute atomic E-state index is 13.0. The number of benzene rings is 1. The molecule has 31 heavy (non-hydrogen) atoms. The third-order valence-corrected chi connectivity index (χ3v) is 6.78. The molecule has 8 nitrogen and oxygen atoms in total. The number of hydrogen-bond donors (Lipinski definition) is 2. The predicted octanol–water partition coefficient (Wildman–Crippen LogP) is 3.52. The topological polar surface area (TPSA) is 96.3 Å². The molecule has 1 aliphatic heterocycles. The second-order valence-electron chi connectivity index (χ2n) is 8.31. The normalized spacial score (nSPS) is 23.3. The highest BCUT2D eigenvalue weighted by Crippen LogP contribution is 2.37. The lowest BCUT2D eigenvalue weighted by Crippen LogP contribution is -2.49. The first kappa shape index (κ1) is 21.5. The molecule has 1 aromatic carbocycles. The number of hydrogen-bond acceptors (Lipinski definition) is 4. The van der Waals surface area contributed by atoms with Crippen molar-refractivity contribution in [3.63, 3.8) is 0 Å². The zero-order valence-electron chi connectivity index (χ0n) is 17.4. The van der Waals surface area contributed by atoms with E-state index in [1.54, 1.807) is 16.9 Å². The average molecular weight is 488 g/mol. The fourth-order valence-electron chi connectivity index (χ4n) is 4.44. The quantitative estimate of drug-likeness (QED) is 0.609. The van der Waals surface area contributed by atoms with Crippen molar-refractivity contribution in [2.75, 3.05) is 11.9 Å². The summed E-state index contributed by atoms with van der Waals surface area (Å²) in [6, 6.07) is 9.02. The lowest BCUT2D eigenvalue weighted by atomic mass is 9.75. The van der Waals surface area contributed by atoms with Crippen LogP contribution in [0.3, 0.4) is 0 Å². The largest absolute Gasteiger partial charge is 0.325 e. The van der Waals surface area contributed by atoms with Gasteiger partial charge in [-0.3, -0.25) is 14.5 Å². The molecule has 2 N–H and O–H groups in total. The van der Waals surface area contributed by atoms with E-state index in [-0.39, 0.29) is 12.5 Å². The Morgan fingerprint density at radius 3 is 2.77 bits per heavy atom. The third kappa shape index (κ3) is 4.51. The minimum atomic E-state index is -0.842. The number of carbonyl (C=O) groups is 3. The fraction of sp³-hybridized carbons (Fsp3) is 0.455. The SMILES string of the molecule is CCC1CCC2(CC1)NC(=O)N(CC(=O)Nc1ccnn1Cc1cccc(Br)c1)C2=O. The smallest absolute Gasteiger partial charge is 0.323 e. The van der Waals surface area contributed by atoms with Gasteiger partial charge < -0.3 is 10.6 Å². The highest BCUT2D eigenvalue weighted by molar-refractivity contribution is 9.10. The molecule has 1 aromatic heterocycles. The lowest BCUT2D eigenvalue weighted by molar-refractivity contribution is -0.135. The highest BCUT2D eigenvalue weighted by atomic mass is 79.9. The first-order chi connectivity index (χ1) is 14.9. The van der Waals surface area contributed by atoms with E-state index in [1.165, 1.54) is 0 Å². The Morgan fingerprint density at radius 1 is 1.29 bits per heavy atom. The van der Waals surface area contributed by atoms with Crippen LogP contribution in [0.25, 0.3) is 0 Å². The summed E-state index contributed by atoms with van der Waals surface area (Å²) in [5.41, 5.74) is 0.179. The van der Waals surface area contributed by atoms with Crippen molar-refractivity contribution in [1.82, 2.24) is 20.0 Å². The van der Waals surface area contributed by atoms with Crippen LogP contribution in [0.4, 0.5) is 10.6 Å². The Morgan fingerprint density at radius 2 is 2.06 bits per heavy atom. The fourth-order valence-corrected chi connectivity index (χ4v) is 4.88. The van der Waals surface area contributed by atoms with Crippen molar-refractivity contribution < 1.29 is 14.4 Å². The number of nitrogens with one attached hydrogen (secondary N) is 2. The Hall–Kier alpha value is -2.68. The summed E-state index contributed by atoms with van der Waals surface area (Å²) in [4.78, 5) is 39.2. The van der Waals surface area contributed by atoms with E-state index in [4.69, 9.17) is 0 Å². The van der Waals surface area contributed by atoms with Crippen LogP contribution < -0.4 is 10.6 Å². The van der Waals surface area contributed by atoms with Gasteiger partial charge in [-0.15, -0.1) is 0 Å². The minimum Gasteiger partial charge on any atom is -0.323 e. The molecule has 2 fully saturated rings. The number of anilines is 1. The molecular weight excluding hydrogens is 462 g/mol. The van der Waals surface area contributed by atoms with E-state index >= 15 is 0 Å². The summed E-state index contributed by atoms with van der Waals surface area (Å²) in [6.45, 7) is 2.31. The second-order valence-corrected chi connectivity index (χ2v) is 9.22. The van der Waals surface area contributed by atoms with Gasteiger partial charge in [0.15, 0.2) is 0 Å². The first-order valence-corrected chi connectivity index (χ1v) is 11.4. The van der Waals surface area contributed by atoms with Crippen LogP contribution in [0, 0.1) is 5.92 Å². The average Bonchev–Trinajstić information content (AvgIpc) is 3.26. The Bertz CT molecular complexity index is 997. The van der Waals surface area contributed by atoms with Crippen LogP contribution >= 0.6 is 15.9 Å². The van der Waals surface area contributed by atoms with Crippen LogP contribution in [-0.2, 0) is 16.1 Å². The minimum absolute atomic E-state index is 0.287. The second kappa shape index (κ2) is 8.82. The molecular formula is C22H26BrN5O3. The van der Waals surface area contributed by atoms with E-state index in [0.29, 0.717) is 31.1 Å². The molecule has 1 spiro atoms. The van der Waals surface area contributed by atoms with E-state index in [0.717, 1.165) is 34.2 Å². The van der Waals surface area contributed by atoms with Crippen molar-refractivity contribution in [3.05, 3.63) is 46.6 Å². The summed E-state index contributed by atoms with van der Waals surface area (Å²) in [5, 5.41) is 9.91. The number of aromatic nitrogens is 2. The van der Waals surface area contributed by atoms with Gasteiger partial charge in [-0.2, -0.15) is 5.10 Å². The molecule has 2 heterocycles. The molecule has 1 saturated carbocycles. The maximum Gasteiger partial charge on any atom is 0.325 e. The van der Waals surface area contributed by atoms with Crippen molar-refractivity contribution in [3.8, 4) is 0 Å². The summed E-state index contributed by atoms with van der Waals surface area (Å²) < 4.78 is 2.63. The van der Waals surface area contributed by atoms with Gasteiger partial charge in [0.05, 0.1) is 12.7 Å². The Labute approximate surface area is 189 Å². The van der Waals surface area contributed by atoms with Crippen LogP contribution in [0.15, 0.2) is 41.0 Å². The summed E-state index contributed by atoms with van der Waals surface area (Å²) in [6.07, 6.45) is 5.77. The van der Waals surface area contributed by atoms with E-state index in [1.807, 2.05) is 24.3 Å². The zero-order chi connectivity index (χ0) is 22.0. The summed E-state index contributed by atoms with van der Waals surface area (Å²) in [5.74, 6) is 0.386.